The van der Waals surface area contributed by atoms with E-state index >= 15 is 0 Å². The number of benzene rings is 2. The number of amides is 1. The van der Waals surface area contributed by atoms with Gasteiger partial charge in [0, 0.05) is 11.6 Å². The fourth-order valence-corrected chi connectivity index (χ4v) is 3.53. The molecule has 6 nitrogen and oxygen atoms in total. The largest absolute Gasteiger partial charge is 0.483 e. The summed E-state index contributed by atoms with van der Waals surface area (Å²) in [4.78, 5) is 19.0. The van der Waals surface area contributed by atoms with E-state index in [2.05, 4.69) is 46.8 Å². The van der Waals surface area contributed by atoms with E-state index in [1.54, 1.807) is 4.90 Å². The predicted molar refractivity (Wildman–Crippen MR) is 124 cm³/mol. The van der Waals surface area contributed by atoms with E-state index in [4.69, 9.17) is 9.26 Å². The molecule has 7 heteroatoms. The molecule has 1 heterocycles. The van der Waals surface area contributed by atoms with Crippen LogP contribution in [0.5, 0.6) is 5.75 Å². The van der Waals surface area contributed by atoms with Gasteiger partial charge in [-0.1, -0.05) is 62.3 Å². The highest BCUT2D eigenvalue weighted by molar-refractivity contribution is 9.10. The van der Waals surface area contributed by atoms with Gasteiger partial charge in [0.25, 0.3) is 5.91 Å². The Hall–Kier alpha value is -2.67. The van der Waals surface area contributed by atoms with Crippen LogP contribution < -0.4 is 4.74 Å². The lowest BCUT2D eigenvalue weighted by atomic mass is 9.87. The van der Waals surface area contributed by atoms with Gasteiger partial charge in [-0.15, -0.1) is 0 Å². The van der Waals surface area contributed by atoms with Gasteiger partial charge in [-0.2, -0.15) is 4.98 Å². The molecule has 3 aromatic rings. The molecule has 0 bridgehead atoms. The number of carbonyl (C=O) groups excluding carboxylic acids is 1. The molecular formula is C24H28BrN3O3. The smallest absolute Gasteiger partial charge is 0.261 e. The molecule has 2 aromatic carbocycles. The normalized spacial score (nSPS) is 11.6. The Morgan fingerprint density at radius 1 is 1.16 bits per heavy atom. The van der Waals surface area contributed by atoms with E-state index in [0.29, 0.717) is 17.5 Å². The lowest BCUT2D eigenvalue weighted by molar-refractivity contribution is -0.136. The number of hydrogen-bond donors (Lipinski definition) is 0. The summed E-state index contributed by atoms with van der Waals surface area (Å²) in [6.45, 7) is 10.5. The van der Waals surface area contributed by atoms with Crippen LogP contribution in [-0.2, 0) is 16.8 Å². The maximum Gasteiger partial charge on any atom is 0.261 e. The summed E-state index contributed by atoms with van der Waals surface area (Å²) >= 11 is 3.55. The first-order chi connectivity index (χ1) is 14.6. The van der Waals surface area contributed by atoms with Crippen molar-refractivity contribution in [3.63, 3.8) is 0 Å². The summed E-state index contributed by atoms with van der Waals surface area (Å²) in [5, 5.41) is 4.03. The second-order valence-electron chi connectivity index (χ2n) is 8.68. The quantitative estimate of drug-likeness (QED) is 0.434. The van der Waals surface area contributed by atoms with Crippen molar-refractivity contribution in [2.24, 2.45) is 0 Å². The molecule has 0 spiro atoms. The van der Waals surface area contributed by atoms with Crippen LogP contribution in [0.15, 0.2) is 57.5 Å². The van der Waals surface area contributed by atoms with Crippen molar-refractivity contribution in [1.29, 1.82) is 0 Å². The number of ether oxygens (including phenoxy) is 1. The summed E-state index contributed by atoms with van der Waals surface area (Å²) < 4.78 is 12.0. The molecule has 0 aliphatic heterocycles. The molecule has 0 unspecified atom stereocenters. The van der Waals surface area contributed by atoms with Crippen LogP contribution in [0.4, 0.5) is 0 Å². The second-order valence-corrected chi connectivity index (χ2v) is 9.53. The van der Waals surface area contributed by atoms with Gasteiger partial charge in [0.15, 0.2) is 6.61 Å². The standard InChI is InChI=1S/C24H28BrN3O3/c1-16(2)28(14-21-26-23(27-31-21)17-9-7-6-8-10-17)22(29)15-30-20-12-11-18(13-19(20)25)24(3,4)5/h6-13,16H,14-15H2,1-5H3. The van der Waals surface area contributed by atoms with Crippen molar-refractivity contribution in [2.45, 2.75) is 52.6 Å². The van der Waals surface area contributed by atoms with Crippen LogP contribution in [0.1, 0.15) is 46.1 Å². The average Bonchev–Trinajstić information content (AvgIpc) is 3.19. The Bertz CT molecular complexity index is 1030. The maximum absolute atomic E-state index is 12.9. The van der Waals surface area contributed by atoms with Gasteiger partial charge < -0.3 is 14.2 Å². The van der Waals surface area contributed by atoms with E-state index < -0.39 is 0 Å². The molecule has 0 saturated heterocycles. The number of carbonyl (C=O) groups is 1. The zero-order valence-electron chi connectivity index (χ0n) is 18.6. The highest BCUT2D eigenvalue weighted by Gasteiger charge is 2.22. The molecule has 0 aliphatic rings. The molecule has 31 heavy (non-hydrogen) atoms. The monoisotopic (exact) mass is 485 g/mol. The molecule has 164 valence electrons. The fourth-order valence-electron chi connectivity index (χ4n) is 3.03. The summed E-state index contributed by atoms with van der Waals surface area (Å²) in [5.74, 6) is 1.37. The number of nitrogens with zero attached hydrogens (tertiary/aromatic N) is 3. The topological polar surface area (TPSA) is 68.5 Å². The zero-order valence-corrected chi connectivity index (χ0v) is 20.1. The third-order valence-corrected chi connectivity index (χ3v) is 5.52. The number of halogens is 1. The summed E-state index contributed by atoms with van der Waals surface area (Å²) in [6.07, 6.45) is 0. The van der Waals surface area contributed by atoms with Crippen LogP contribution in [0.2, 0.25) is 0 Å². The molecule has 0 radical (unpaired) electrons. The van der Waals surface area contributed by atoms with Crippen molar-refractivity contribution >= 4 is 21.8 Å². The van der Waals surface area contributed by atoms with Crippen LogP contribution in [0.3, 0.4) is 0 Å². The first-order valence-corrected chi connectivity index (χ1v) is 11.0. The SMILES string of the molecule is CC(C)N(Cc1nc(-c2ccccc2)no1)C(=O)COc1ccc(C(C)(C)C)cc1Br. The van der Waals surface area contributed by atoms with Gasteiger partial charge in [0.2, 0.25) is 11.7 Å². The minimum atomic E-state index is -0.152. The zero-order chi connectivity index (χ0) is 22.6. The fraction of sp³-hybridized carbons (Fsp3) is 0.375. The minimum absolute atomic E-state index is 0.0357. The number of aromatic nitrogens is 2. The summed E-state index contributed by atoms with van der Waals surface area (Å²) in [5.41, 5.74) is 2.09. The third-order valence-electron chi connectivity index (χ3n) is 4.90. The van der Waals surface area contributed by atoms with Crippen molar-refractivity contribution in [2.75, 3.05) is 6.61 Å². The van der Waals surface area contributed by atoms with Crippen molar-refractivity contribution in [3.8, 4) is 17.1 Å². The number of hydrogen-bond acceptors (Lipinski definition) is 5. The second kappa shape index (κ2) is 9.64. The van der Waals surface area contributed by atoms with E-state index in [9.17, 15) is 4.79 Å². The first-order valence-electron chi connectivity index (χ1n) is 10.3. The molecular weight excluding hydrogens is 458 g/mol. The lowest BCUT2D eigenvalue weighted by Gasteiger charge is -2.25. The molecule has 1 amide bonds. The van der Waals surface area contributed by atoms with Crippen LogP contribution in [0.25, 0.3) is 11.4 Å². The molecule has 3 rings (SSSR count). The summed E-state index contributed by atoms with van der Waals surface area (Å²) in [6, 6.07) is 15.5. The Morgan fingerprint density at radius 3 is 2.48 bits per heavy atom. The molecule has 0 fully saturated rings. The predicted octanol–water partition coefficient (Wildman–Crippen LogP) is 5.61. The van der Waals surface area contributed by atoms with E-state index in [-0.39, 0.29) is 30.5 Å². The average molecular weight is 486 g/mol. The Morgan fingerprint density at radius 2 is 1.87 bits per heavy atom. The Kier molecular flexibility index (Phi) is 7.15. The Labute approximate surface area is 191 Å². The first kappa shape index (κ1) is 23.0. The van der Waals surface area contributed by atoms with E-state index in [0.717, 1.165) is 10.0 Å². The minimum Gasteiger partial charge on any atom is -0.483 e. The lowest BCUT2D eigenvalue weighted by Crippen LogP contribution is -2.39. The van der Waals surface area contributed by atoms with Gasteiger partial charge in [-0.25, -0.2) is 0 Å². The van der Waals surface area contributed by atoms with E-state index in [1.807, 2.05) is 62.4 Å². The molecule has 0 saturated carbocycles. The van der Waals surface area contributed by atoms with Gasteiger partial charge >= 0.3 is 0 Å². The molecule has 1 aromatic heterocycles. The number of rotatable bonds is 7. The van der Waals surface area contributed by atoms with Crippen molar-refractivity contribution in [1.82, 2.24) is 15.0 Å². The van der Waals surface area contributed by atoms with E-state index in [1.165, 1.54) is 5.56 Å². The van der Waals surface area contributed by atoms with Gasteiger partial charge in [-0.05, 0) is 52.9 Å². The Balaban J connectivity index is 1.66. The van der Waals surface area contributed by atoms with Crippen molar-refractivity contribution < 1.29 is 14.1 Å². The van der Waals surface area contributed by atoms with Gasteiger partial charge in [-0.3, -0.25) is 4.79 Å². The van der Waals surface area contributed by atoms with Crippen molar-refractivity contribution in [3.05, 3.63) is 64.5 Å². The molecule has 0 N–H and O–H groups in total. The molecule has 0 aliphatic carbocycles. The third kappa shape index (κ3) is 5.94. The van der Waals surface area contributed by atoms with Gasteiger partial charge in [0.05, 0.1) is 4.47 Å². The highest BCUT2D eigenvalue weighted by Crippen LogP contribution is 2.31. The van der Waals surface area contributed by atoms with Crippen LogP contribution in [-0.4, -0.2) is 33.6 Å². The summed E-state index contributed by atoms with van der Waals surface area (Å²) in [7, 11) is 0. The van der Waals surface area contributed by atoms with Crippen LogP contribution in [0, 0.1) is 0 Å². The maximum atomic E-state index is 12.9. The van der Waals surface area contributed by atoms with Crippen LogP contribution >= 0.6 is 15.9 Å². The molecule has 0 atom stereocenters. The van der Waals surface area contributed by atoms with Gasteiger partial charge in [0.1, 0.15) is 12.3 Å². The highest BCUT2D eigenvalue weighted by atomic mass is 79.9.